The first-order valence-electron chi connectivity index (χ1n) is 8.34. The van der Waals surface area contributed by atoms with Crippen molar-refractivity contribution in [3.8, 4) is 0 Å². The fourth-order valence-electron chi connectivity index (χ4n) is 3.76. The topological polar surface area (TPSA) is 95.0 Å². The smallest absolute Gasteiger partial charge is 0.308 e. The van der Waals surface area contributed by atoms with Crippen LogP contribution in [0.1, 0.15) is 35.7 Å². The maximum Gasteiger partial charge on any atom is 0.308 e. The van der Waals surface area contributed by atoms with Crippen LogP contribution in [-0.2, 0) is 21.2 Å². The van der Waals surface area contributed by atoms with Crippen LogP contribution < -0.4 is 4.31 Å². The summed E-state index contributed by atoms with van der Waals surface area (Å²) in [7, 11) is -3.34. The number of anilines is 1. The van der Waals surface area contributed by atoms with E-state index >= 15 is 0 Å². The second kappa shape index (κ2) is 6.33. The fraction of sp³-hybridized carbons (Fsp3) is 0.529. The molecule has 1 aromatic rings. The number of nitrogens with zero attached hydrogens (tertiary/aromatic N) is 2. The molecular formula is C17H22N2O5S. The molecule has 1 saturated heterocycles. The number of benzene rings is 1. The number of aliphatic carboxylic acids is 1. The number of carbonyl (C=O) groups is 2. The summed E-state index contributed by atoms with van der Waals surface area (Å²) in [5.74, 6) is -1.62. The van der Waals surface area contributed by atoms with Crippen molar-refractivity contribution in [2.45, 2.75) is 32.2 Å². The van der Waals surface area contributed by atoms with Crippen molar-refractivity contribution in [3.63, 3.8) is 0 Å². The zero-order valence-electron chi connectivity index (χ0n) is 14.3. The van der Waals surface area contributed by atoms with Crippen molar-refractivity contribution in [1.29, 1.82) is 0 Å². The molecule has 7 nitrogen and oxygen atoms in total. The monoisotopic (exact) mass is 366 g/mol. The van der Waals surface area contributed by atoms with Crippen molar-refractivity contribution in [2.24, 2.45) is 5.92 Å². The van der Waals surface area contributed by atoms with Gasteiger partial charge in [0.2, 0.25) is 10.0 Å². The van der Waals surface area contributed by atoms with E-state index in [0.717, 1.165) is 12.0 Å². The average Bonchev–Trinajstić information content (AvgIpc) is 2.94. The van der Waals surface area contributed by atoms with Gasteiger partial charge in [0.25, 0.3) is 5.91 Å². The molecule has 2 heterocycles. The summed E-state index contributed by atoms with van der Waals surface area (Å²) in [4.78, 5) is 25.6. The van der Waals surface area contributed by atoms with Crippen molar-refractivity contribution in [2.75, 3.05) is 23.7 Å². The predicted octanol–water partition coefficient (Wildman–Crippen LogP) is 1.33. The molecular weight excluding hydrogens is 344 g/mol. The lowest BCUT2D eigenvalue weighted by molar-refractivity contribution is -0.142. The SMILES string of the molecule is CC1C(C(=O)O)CCN1C(=O)c1ccc2c(c1)CCCN2S(C)(=O)=O. The quantitative estimate of drug-likeness (QED) is 0.871. The highest BCUT2D eigenvalue weighted by Crippen LogP contribution is 2.31. The van der Waals surface area contributed by atoms with E-state index in [1.165, 1.54) is 10.6 Å². The Labute approximate surface area is 147 Å². The summed E-state index contributed by atoms with van der Waals surface area (Å²) < 4.78 is 25.2. The summed E-state index contributed by atoms with van der Waals surface area (Å²) in [6.45, 7) is 2.62. The average molecular weight is 366 g/mol. The molecule has 2 aliphatic rings. The zero-order chi connectivity index (χ0) is 18.4. The molecule has 8 heteroatoms. The van der Waals surface area contributed by atoms with Gasteiger partial charge in [-0.05, 0) is 49.9 Å². The van der Waals surface area contributed by atoms with E-state index in [4.69, 9.17) is 0 Å². The molecule has 1 aromatic carbocycles. The van der Waals surface area contributed by atoms with Crippen LogP contribution in [0.25, 0.3) is 0 Å². The van der Waals surface area contributed by atoms with Crippen LogP contribution in [0.3, 0.4) is 0 Å². The number of fused-ring (bicyclic) bond motifs is 1. The number of hydrogen-bond acceptors (Lipinski definition) is 4. The highest BCUT2D eigenvalue weighted by molar-refractivity contribution is 7.92. The summed E-state index contributed by atoms with van der Waals surface area (Å²) >= 11 is 0. The van der Waals surface area contributed by atoms with Gasteiger partial charge in [0.1, 0.15) is 0 Å². The molecule has 1 fully saturated rings. The van der Waals surface area contributed by atoms with Crippen molar-refractivity contribution < 1.29 is 23.1 Å². The second-order valence-electron chi connectivity index (χ2n) is 6.75. The molecule has 1 N–H and O–H groups in total. The first kappa shape index (κ1) is 17.7. The minimum absolute atomic E-state index is 0.199. The van der Waals surface area contributed by atoms with Gasteiger partial charge in [0.05, 0.1) is 17.9 Å². The van der Waals surface area contributed by atoms with Crippen molar-refractivity contribution in [1.82, 2.24) is 4.90 Å². The van der Waals surface area contributed by atoms with Gasteiger partial charge in [0.15, 0.2) is 0 Å². The molecule has 0 aliphatic carbocycles. The van der Waals surface area contributed by atoms with Crippen molar-refractivity contribution in [3.05, 3.63) is 29.3 Å². The van der Waals surface area contributed by atoms with E-state index < -0.39 is 21.9 Å². The third kappa shape index (κ3) is 3.22. The lowest BCUT2D eigenvalue weighted by Gasteiger charge is -2.30. The Bertz CT molecular complexity index is 820. The molecule has 2 unspecified atom stereocenters. The molecule has 0 bridgehead atoms. The van der Waals surface area contributed by atoms with Crippen LogP contribution in [0.2, 0.25) is 0 Å². The van der Waals surface area contributed by atoms with E-state index in [2.05, 4.69) is 0 Å². The maximum atomic E-state index is 12.8. The first-order valence-corrected chi connectivity index (χ1v) is 10.2. The number of sulfonamides is 1. The summed E-state index contributed by atoms with van der Waals surface area (Å²) in [6.07, 6.45) is 3.06. The molecule has 25 heavy (non-hydrogen) atoms. The Hall–Kier alpha value is -2.09. The van der Waals surface area contributed by atoms with Gasteiger partial charge in [-0.25, -0.2) is 8.42 Å². The largest absolute Gasteiger partial charge is 0.481 e. The lowest BCUT2D eigenvalue weighted by Crippen LogP contribution is -2.38. The standard InChI is InChI=1S/C17H22N2O5S/c1-11-14(17(21)22)7-9-18(11)16(20)13-5-6-15-12(10-13)4-3-8-19(15)25(2,23)24/h5-6,10-11,14H,3-4,7-9H2,1-2H3,(H,21,22). The molecule has 0 radical (unpaired) electrons. The third-order valence-corrected chi connectivity index (χ3v) is 6.32. The molecule has 0 aromatic heterocycles. The van der Waals surface area contributed by atoms with E-state index in [9.17, 15) is 23.1 Å². The summed E-state index contributed by atoms with van der Waals surface area (Å²) in [6, 6.07) is 4.70. The highest BCUT2D eigenvalue weighted by Gasteiger charge is 2.38. The van der Waals surface area contributed by atoms with E-state index in [1.807, 2.05) is 0 Å². The number of carboxylic acids is 1. The van der Waals surface area contributed by atoms with Gasteiger partial charge in [-0.15, -0.1) is 0 Å². The maximum absolute atomic E-state index is 12.8. The highest BCUT2D eigenvalue weighted by atomic mass is 32.2. The van der Waals surface area contributed by atoms with Gasteiger partial charge in [-0.3, -0.25) is 13.9 Å². The number of likely N-dealkylation sites (tertiary alicyclic amines) is 1. The molecule has 0 spiro atoms. The Balaban J connectivity index is 1.88. The van der Waals surface area contributed by atoms with Gasteiger partial charge in [-0.2, -0.15) is 0 Å². The minimum Gasteiger partial charge on any atom is -0.481 e. The number of carbonyl (C=O) groups excluding carboxylic acids is 1. The van der Waals surface area contributed by atoms with Gasteiger partial charge in [-0.1, -0.05) is 0 Å². The van der Waals surface area contributed by atoms with Crippen LogP contribution in [0.5, 0.6) is 0 Å². The van der Waals surface area contributed by atoms with Crippen LogP contribution in [0, 0.1) is 5.92 Å². The van der Waals surface area contributed by atoms with Gasteiger partial charge in [0, 0.05) is 24.7 Å². The predicted molar refractivity (Wildman–Crippen MR) is 93.2 cm³/mol. The number of amides is 1. The van der Waals surface area contributed by atoms with Gasteiger partial charge >= 0.3 is 5.97 Å². The van der Waals surface area contributed by atoms with E-state index in [0.29, 0.717) is 37.2 Å². The molecule has 0 saturated carbocycles. The Morgan fingerprint density at radius 3 is 2.56 bits per heavy atom. The number of rotatable bonds is 3. The van der Waals surface area contributed by atoms with E-state index in [-0.39, 0.29) is 11.9 Å². The van der Waals surface area contributed by atoms with Crippen LogP contribution in [0.4, 0.5) is 5.69 Å². The minimum atomic E-state index is -3.34. The van der Waals surface area contributed by atoms with E-state index in [1.54, 1.807) is 30.0 Å². The number of carboxylic acid groups (broad SMARTS) is 1. The van der Waals surface area contributed by atoms with Crippen LogP contribution in [0.15, 0.2) is 18.2 Å². The Morgan fingerprint density at radius 2 is 1.96 bits per heavy atom. The first-order chi connectivity index (χ1) is 11.7. The Morgan fingerprint density at radius 1 is 1.24 bits per heavy atom. The normalized spacial score (nSPS) is 23.4. The van der Waals surface area contributed by atoms with Gasteiger partial charge < -0.3 is 10.0 Å². The molecule has 136 valence electrons. The van der Waals surface area contributed by atoms with Crippen LogP contribution >= 0.6 is 0 Å². The third-order valence-electron chi connectivity index (χ3n) is 5.14. The zero-order valence-corrected chi connectivity index (χ0v) is 15.1. The lowest BCUT2D eigenvalue weighted by atomic mass is 9.99. The number of hydrogen-bond donors (Lipinski definition) is 1. The molecule has 2 atom stereocenters. The number of aryl methyl sites for hydroxylation is 1. The molecule has 1 amide bonds. The second-order valence-corrected chi connectivity index (χ2v) is 8.66. The molecule has 2 aliphatic heterocycles. The molecule has 3 rings (SSSR count). The fourth-order valence-corrected chi connectivity index (χ4v) is 4.76. The summed E-state index contributed by atoms with van der Waals surface area (Å²) in [5, 5.41) is 9.22. The summed E-state index contributed by atoms with van der Waals surface area (Å²) in [5.41, 5.74) is 1.94. The van der Waals surface area contributed by atoms with Crippen LogP contribution in [-0.4, -0.2) is 55.7 Å². The Kier molecular flexibility index (Phi) is 4.49. The van der Waals surface area contributed by atoms with Crippen molar-refractivity contribution >= 4 is 27.6 Å².